The molecule has 7 nitrogen and oxygen atoms in total. The number of hydrogen-bond acceptors (Lipinski definition) is 6. The topological polar surface area (TPSA) is 87.0 Å². The average Bonchev–Trinajstić information content (AvgIpc) is 3.21. The van der Waals surface area contributed by atoms with Crippen molar-refractivity contribution in [2.45, 2.75) is 0 Å². The maximum Gasteiger partial charge on any atom is 0.354 e. The van der Waals surface area contributed by atoms with Crippen LogP contribution in [0.2, 0.25) is 0 Å². The molecule has 0 bridgehead atoms. The molecule has 0 unspecified atom stereocenters. The molecule has 1 aromatic carbocycles. The number of rotatable bonds is 4. The zero-order valence-electron chi connectivity index (χ0n) is 12.5. The molecular weight excluding hydrogens is 382 g/mol. The Morgan fingerprint density at radius 2 is 2.00 bits per heavy atom. The summed E-state index contributed by atoms with van der Waals surface area (Å²) in [4.78, 5) is 24.1. The fourth-order valence-electron chi connectivity index (χ4n) is 2.05. The highest BCUT2D eigenvalue weighted by atomic mass is 79.9. The maximum atomic E-state index is 12.1. The number of esters is 1. The molecule has 8 heteroatoms. The number of hydrogen-bond donors (Lipinski definition) is 1. The minimum absolute atomic E-state index is 0.0334. The van der Waals surface area contributed by atoms with Crippen molar-refractivity contribution in [1.29, 1.82) is 0 Å². The third kappa shape index (κ3) is 3.43. The lowest BCUT2D eigenvalue weighted by molar-refractivity contribution is -0.136. The lowest BCUT2D eigenvalue weighted by Gasteiger charge is -2.07. The van der Waals surface area contributed by atoms with Crippen LogP contribution >= 0.6 is 15.9 Å². The molecule has 2 heterocycles. The van der Waals surface area contributed by atoms with Crippen molar-refractivity contribution < 1.29 is 28.2 Å². The van der Waals surface area contributed by atoms with Gasteiger partial charge in [0.1, 0.15) is 5.70 Å². The molecule has 1 aliphatic rings. The van der Waals surface area contributed by atoms with E-state index < -0.39 is 11.9 Å². The summed E-state index contributed by atoms with van der Waals surface area (Å²) in [6, 6.07) is 8.20. The molecule has 1 aromatic heterocycles. The van der Waals surface area contributed by atoms with Crippen molar-refractivity contribution in [2.24, 2.45) is 0 Å². The Hall–Kier alpha value is -2.74. The second kappa shape index (κ2) is 6.79. The number of benzene rings is 1. The Labute approximate surface area is 145 Å². The van der Waals surface area contributed by atoms with E-state index in [9.17, 15) is 9.59 Å². The van der Waals surface area contributed by atoms with Gasteiger partial charge < -0.3 is 23.9 Å². The van der Waals surface area contributed by atoms with E-state index in [0.29, 0.717) is 21.7 Å². The quantitative estimate of drug-likeness (QED) is 0.634. The minimum atomic E-state index is -0.688. The monoisotopic (exact) mass is 393 g/mol. The lowest BCUT2D eigenvalue weighted by atomic mass is 10.1. The summed E-state index contributed by atoms with van der Waals surface area (Å²) in [6.07, 6.45) is 1.48. The van der Waals surface area contributed by atoms with Gasteiger partial charge in [-0.25, -0.2) is 4.79 Å². The highest BCUT2D eigenvalue weighted by Gasteiger charge is 2.18. The predicted molar refractivity (Wildman–Crippen MR) is 86.4 cm³/mol. The second-order valence-electron chi connectivity index (χ2n) is 4.72. The molecule has 0 spiro atoms. The third-order valence-electron chi connectivity index (χ3n) is 3.16. The summed E-state index contributed by atoms with van der Waals surface area (Å²) < 4.78 is 20.8. The first-order chi connectivity index (χ1) is 11.6. The largest absolute Gasteiger partial charge is 0.464 e. The van der Waals surface area contributed by atoms with E-state index in [1.54, 1.807) is 24.3 Å². The van der Waals surface area contributed by atoms with Crippen molar-refractivity contribution in [3.63, 3.8) is 0 Å². The highest BCUT2D eigenvalue weighted by molar-refractivity contribution is 9.10. The second-order valence-corrected chi connectivity index (χ2v) is 5.50. The predicted octanol–water partition coefficient (Wildman–Crippen LogP) is 2.71. The summed E-state index contributed by atoms with van der Waals surface area (Å²) in [5, 5.41) is 2.47. The number of ether oxygens (including phenoxy) is 3. The standard InChI is InChI=1S/C16H12BrNO6/c1-21-16(20)10(18-15(19)12-4-5-14(17)24-12)6-9-2-3-11-13(7-9)23-8-22-11/h2-7H,8H2,1H3,(H,18,19)/b10-6-. The van der Waals surface area contributed by atoms with E-state index in [1.165, 1.54) is 19.3 Å². The Kier molecular flexibility index (Phi) is 4.57. The van der Waals surface area contributed by atoms with E-state index in [1.807, 2.05) is 0 Å². The van der Waals surface area contributed by atoms with Gasteiger partial charge in [-0.1, -0.05) is 6.07 Å². The molecular formula is C16H12BrNO6. The molecule has 0 atom stereocenters. The van der Waals surface area contributed by atoms with Crippen LogP contribution in [0.1, 0.15) is 16.1 Å². The fourth-order valence-corrected chi connectivity index (χ4v) is 2.35. The van der Waals surface area contributed by atoms with E-state index in [2.05, 4.69) is 21.2 Å². The number of nitrogens with one attached hydrogen (secondary N) is 1. The van der Waals surface area contributed by atoms with Gasteiger partial charge in [-0.15, -0.1) is 0 Å². The Morgan fingerprint density at radius 1 is 1.21 bits per heavy atom. The van der Waals surface area contributed by atoms with Crippen molar-refractivity contribution in [3.8, 4) is 11.5 Å². The van der Waals surface area contributed by atoms with Crippen LogP contribution < -0.4 is 14.8 Å². The van der Waals surface area contributed by atoms with Gasteiger partial charge in [0.25, 0.3) is 5.91 Å². The molecule has 1 aliphatic heterocycles. The highest BCUT2D eigenvalue weighted by Crippen LogP contribution is 2.33. The maximum absolute atomic E-state index is 12.1. The first-order valence-electron chi connectivity index (χ1n) is 6.83. The first-order valence-corrected chi connectivity index (χ1v) is 7.62. The van der Waals surface area contributed by atoms with Crippen LogP contribution in [0.15, 0.2) is 45.1 Å². The molecule has 1 amide bonds. The molecule has 3 rings (SSSR count). The zero-order valence-corrected chi connectivity index (χ0v) is 14.1. The average molecular weight is 394 g/mol. The van der Waals surface area contributed by atoms with Crippen molar-refractivity contribution >= 4 is 33.9 Å². The number of carbonyl (C=O) groups excluding carboxylic acids is 2. The number of fused-ring (bicyclic) bond motifs is 1. The molecule has 0 radical (unpaired) electrons. The summed E-state index contributed by atoms with van der Waals surface area (Å²) in [5.74, 6) is -0.0161. The van der Waals surface area contributed by atoms with E-state index >= 15 is 0 Å². The molecule has 0 fully saturated rings. The molecule has 124 valence electrons. The van der Waals surface area contributed by atoms with E-state index in [-0.39, 0.29) is 18.3 Å². The van der Waals surface area contributed by atoms with Gasteiger partial charge in [0.15, 0.2) is 21.9 Å². The van der Waals surface area contributed by atoms with Crippen molar-refractivity contribution in [3.05, 3.63) is 52.0 Å². The van der Waals surface area contributed by atoms with Gasteiger partial charge >= 0.3 is 5.97 Å². The van der Waals surface area contributed by atoms with Gasteiger partial charge in [-0.05, 0) is 51.8 Å². The minimum Gasteiger partial charge on any atom is -0.464 e. The molecule has 1 N–H and O–H groups in total. The molecule has 0 saturated heterocycles. The Morgan fingerprint density at radius 3 is 2.71 bits per heavy atom. The van der Waals surface area contributed by atoms with Crippen LogP contribution in [-0.4, -0.2) is 25.8 Å². The van der Waals surface area contributed by atoms with Gasteiger partial charge in [-0.3, -0.25) is 4.79 Å². The van der Waals surface area contributed by atoms with E-state index in [0.717, 1.165) is 0 Å². The normalized spacial score (nSPS) is 12.8. The summed E-state index contributed by atoms with van der Waals surface area (Å²) >= 11 is 3.11. The van der Waals surface area contributed by atoms with Gasteiger partial charge in [0.05, 0.1) is 7.11 Å². The smallest absolute Gasteiger partial charge is 0.354 e. The summed E-state index contributed by atoms with van der Waals surface area (Å²) in [6.45, 7) is 0.149. The third-order valence-corrected chi connectivity index (χ3v) is 3.58. The van der Waals surface area contributed by atoms with Crippen LogP contribution in [-0.2, 0) is 9.53 Å². The van der Waals surface area contributed by atoms with Gasteiger partial charge in [0.2, 0.25) is 6.79 Å². The molecule has 0 aliphatic carbocycles. The van der Waals surface area contributed by atoms with Gasteiger partial charge in [-0.2, -0.15) is 0 Å². The molecule has 0 saturated carbocycles. The zero-order chi connectivity index (χ0) is 17.1. The summed E-state index contributed by atoms with van der Waals surface area (Å²) in [5.41, 5.74) is 0.606. The number of methoxy groups -OCH3 is 1. The van der Waals surface area contributed by atoms with Crippen LogP contribution in [0.3, 0.4) is 0 Å². The fraction of sp³-hybridized carbons (Fsp3) is 0.125. The van der Waals surface area contributed by atoms with Crippen LogP contribution in [0, 0.1) is 0 Å². The number of furan rings is 1. The molecule has 2 aromatic rings. The van der Waals surface area contributed by atoms with Crippen LogP contribution in [0.25, 0.3) is 6.08 Å². The summed E-state index contributed by atoms with van der Waals surface area (Å²) in [7, 11) is 1.23. The van der Waals surface area contributed by atoms with Crippen molar-refractivity contribution in [2.75, 3.05) is 13.9 Å². The lowest BCUT2D eigenvalue weighted by Crippen LogP contribution is -2.27. The number of carbonyl (C=O) groups is 2. The molecule has 24 heavy (non-hydrogen) atoms. The van der Waals surface area contributed by atoms with Gasteiger partial charge in [0, 0.05) is 0 Å². The van der Waals surface area contributed by atoms with E-state index in [4.69, 9.17) is 18.6 Å². The first kappa shape index (κ1) is 16.1. The number of amides is 1. The van der Waals surface area contributed by atoms with Crippen molar-refractivity contribution in [1.82, 2.24) is 5.32 Å². The SMILES string of the molecule is COC(=O)/C(=C/c1ccc2c(c1)OCO2)NC(=O)c1ccc(Br)o1. The van der Waals surface area contributed by atoms with Crippen LogP contribution in [0.5, 0.6) is 11.5 Å². The number of halogens is 1. The van der Waals surface area contributed by atoms with Crippen LogP contribution in [0.4, 0.5) is 0 Å². The Bertz CT molecular complexity index is 826. The Balaban J connectivity index is 1.86.